The zero-order chi connectivity index (χ0) is 26.2. The maximum atomic E-state index is 12.9. The second-order valence-corrected chi connectivity index (χ2v) is 11.0. The molecular weight excluding hydrogens is 472 g/mol. The average Bonchev–Trinajstić information content (AvgIpc) is 3.67. The Morgan fingerprint density at radius 2 is 1.84 bits per heavy atom. The third kappa shape index (κ3) is 4.87. The topological polar surface area (TPSA) is 70.0 Å². The summed E-state index contributed by atoms with van der Waals surface area (Å²) < 4.78 is 2.25. The molecule has 0 saturated carbocycles. The zero-order valence-corrected chi connectivity index (χ0v) is 22.8. The van der Waals surface area contributed by atoms with E-state index in [1.165, 1.54) is 37.1 Å². The summed E-state index contributed by atoms with van der Waals surface area (Å²) in [5.41, 5.74) is 7.37. The number of carbonyl (C=O) groups is 1. The number of nitrogens with zero attached hydrogens (tertiary/aromatic N) is 5. The molecule has 0 unspecified atom stereocenters. The quantitative estimate of drug-likeness (QED) is 0.360. The number of fused-ring (bicyclic) bond motifs is 2. The predicted octanol–water partition coefficient (Wildman–Crippen LogP) is 5.24. The summed E-state index contributed by atoms with van der Waals surface area (Å²) in [6, 6.07) is 11.4. The Kier molecular flexibility index (Phi) is 6.78. The summed E-state index contributed by atoms with van der Waals surface area (Å²) in [4.78, 5) is 30.6. The van der Waals surface area contributed by atoms with Crippen LogP contribution < -0.4 is 0 Å². The second-order valence-electron chi connectivity index (χ2n) is 11.0. The molecular formula is C31H38N6O. The highest BCUT2D eigenvalue weighted by molar-refractivity contribution is 5.93. The van der Waals surface area contributed by atoms with Gasteiger partial charge in [0.2, 0.25) is 5.91 Å². The molecule has 1 amide bonds. The van der Waals surface area contributed by atoms with Crippen LogP contribution in [0.4, 0.5) is 0 Å². The minimum absolute atomic E-state index is 0.112. The van der Waals surface area contributed by atoms with Gasteiger partial charge < -0.3 is 19.4 Å². The van der Waals surface area contributed by atoms with Gasteiger partial charge in [-0.05, 0) is 94.1 Å². The Hall–Kier alpha value is -3.45. The summed E-state index contributed by atoms with van der Waals surface area (Å²) in [6.45, 7) is 11.2. The number of likely N-dealkylation sites (tertiary alicyclic amines) is 2. The number of benzene rings is 1. The highest BCUT2D eigenvalue weighted by Gasteiger charge is 2.27. The van der Waals surface area contributed by atoms with Gasteiger partial charge in [0, 0.05) is 53.9 Å². The van der Waals surface area contributed by atoms with Gasteiger partial charge in [-0.1, -0.05) is 13.0 Å². The van der Waals surface area contributed by atoms with Crippen molar-refractivity contribution in [3.8, 4) is 0 Å². The van der Waals surface area contributed by atoms with Crippen LogP contribution in [0.3, 0.4) is 0 Å². The first kappa shape index (κ1) is 24.9. The smallest absolute Gasteiger partial charge is 0.246 e. The predicted molar refractivity (Wildman–Crippen MR) is 153 cm³/mol. The number of carbonyl (C=O) groups excluding carboxylic acids is 1. The van der Waals surface area contributed by atoms with Gasteiger partial charge in [0.05, 0.1) is 6.54 Å². The lowest BCUT2D eigenvalue weighted by Crippen LogP contribution is -2.45. The van der Waals surface area contributed by atoms with Crippen LogP contribution >= 0.6 is 0 Å². The van der Waals surface area contributed by atoms with E-state index in [0.717, 1.165) is 78.2 Å². The number of pyridine rings is 1. The van der Waals surface area contributed by atoms with Crippen LogP contribution in [-0.2, 0) is 17.8 Å². The van der Waals surface area contributed by atoms with E-state index in [2.05, 4.69) is 58.6 Å². The van der Waals surface area contributed by atoms with E-state index in [1.807, 2.05) is 17.9 Å². The minimum atomic E-state index is 0.112. The standard InChI is InChI=1S/C31H38N6O/c1-4-28-34-30-21(2)17-22(3)32-31(30)37(28)20-23-7-9-27-24(18-23)19-25(33-27)8-10-29(38)36-15-11-26(12-16-36)35-13-5-6-14-35/h7-10,17-19,26,33H,4-6,11-16,20H2,1-3H3/b10-8+. The molecule has 0 aliphatic carbocycles. The number of amides is 1. The molecule has 2 aliphatic heterocycles. The van der Waals surface area contributed by atoms with Gasteiger partial charge in [-0.3, -0.25) is 4.79 Å². The van der Waals surface area contributed by atoms with Gasteiger partial charge in [0.15, 0.2) is 5.65 Å². The normalized spacial score (nSPS) is 17.5. The zero-order valence-electron chi connectivity index (χ0n) is 22.8. The first-order valence-electron chi connectivity index (χ1n) is 14.1. The van der Waals surface area contributed by atoms with E-state index in [4.69, 9.17) is 9.97 Å². The molecule has 7 heteroatoms. The fourth-order valence-corrected chi connectivity index (χ4v) is 6.28. The van der Waals surface area contributed by atoms with Crippen LogP contribution in [0.2, 0.25) is 0 Å². The van der Waals surface area contributed by atoms with Crippen LogP contribution in [0.15, 0.2) is 36.4 Å². The molecule has 1 N–H and O–H groups in total. The van der Waals surface area contributed by atoms with Crippen LogP contribution in [0.25, 0.3) is 28.1 Å². The van der Waals surface area contributed by atoms with Gasteiger partial charge in [0.25, 0.3) is 0 Å². The highest BCUT2D eigenvalue weighted by atomic mass is 16.2. The van der Waals surface area contributed by atoms with Crippen LogP contribution in [0.5, 0.6) is 0 Å². The molecule has 6 rings (SSSR count). The molecule has 7 nitrogen and oxygen atoms in total. The Labute approximate surface area is 224 Å². The van der Waals surface area contributed by atoms with Crippen LogP contribution in [0, 0.1) is 13.8 Å². The summed E-state index contributed by atoms with van der Waals surface area (Å²) in [5.74, 6) is 1.17. The molecule has 198 valence electrons. The minimum Gasteiger partial charge on any atom is -0.355 e. The number of aryl methyl sites for hydroxylation is 3. The van der Waals surface area contributed by atoms with Crippen LogP contribution in [0.1, 0.15) is 60.9 Å². The Morgan fingerprint density at radius 3 is 2.61 bits per heavy atom. The molecule has 2 aliphatic rings. The first-order valence-corrected chi connectivity index (χ1v) is 14.1. The fourth-order valence-electron chi connectivity index (χ4n) is 6.28. The molecule has 38 heavy (non-hydrogen) atoms. The molecule has 2 saturated heterocycles. The van der Waals surface area contributed by atoms with Gasteiger partial charge in [0.1, 0.15) is 11.3 Å². The van der Waals surface area contributed by atoms with E-state index >= 15 is 0 Å². The highest BCUT2D eigenvalue weighted by Crippen LogP contribution is 2.24. The Balaban J connectivity index is 1.15. The molecule has 0 spiro atoms. The summed E-state index contributed by atoms with van der Waals surface area (Å²) in [6.07, 6.45) is 9.34. The number of hydrogen-bond acceptors (Lipinski definition) is 4. The van der Waals surface area contributed by atoms with Crippen LogP contribution in [-0.4, -0.2) is 67.4 Å². The van der Waals surface area contributed by atoms with Gasteiger partial charge in [-0.2, -0.15) is 0 Å². The molecule has 1 aromatic carbocycles. The number of aromatic nitrogens is 4. The van der Waals surface area contributed by atoms with E-state index in [9.17, 15) is 4.79 Å². The van der Waals surface area contributed by atoms with Crippen molar-refractivity contribution in [3.63, 3.8) is 0 Å². The lowest BCUT2D eigenvalue weighted by molar-refractivity contribution is -0.127. The lowest BCUT2D eigenvalue weighted by Gasteiger charge is -2.36. The molecule has 0 atom stereocenters. The molecule has 0 radical (unpaired) electrons. The average molecular weight is 511 g/mol. The summed E-state index contributed by atoms with van der Waals surface area (Å²) in [7, 11) is 0. The lowest BCUT2D eigenvalue weighted by atomic mass is 10.0. The summed E-state index contributed by atoms with van der Waals surface area (Å²) in [5, 5.41) is 1.14. The molecule has 4 aromatic rings. The SMILES string of the molecule is CCc1nc2c(C)cc(C)nc2n1Cc1ccc2[nH]c(/C=C/C(=O)N3CCC(N4CCCC4)CC3)cc2c1. The molecule has 0 bridgehead atoms. The maximum Gasteiger partial charge on any atom is 0.246 e. The number of hydrogen-bond donors (Lipinski definition) is 1. The number of nitrogens with one attached hydrogen (secondary N) is 1. The van der Waals surface area contributed by atoms with Crippen molar-refractivity contribution in [1.29, 1.82) is 0 Å². The molecule has 5 heterocycles. The third-order valence-electron chi connectivity index (χ3n) is 8.30. The fraction of sp³-hybridized carbons (Fsp3) is 0.452. The van der Waals surface area contributed by atoms with Crippen molar-refractivity contribution >= 4 is 34.1 Å². The number of H-pyrrole nitrogens is 1. The first-order chi connectivity index (χ1) is 18.5. The number of aromatic amines is 1. The van der Waals surface area contributed by atoms with E-state index in [-0.39, 0.29) is 5.91 Å². The van der Waals surface area contributed by atoms with E-state index in [0.29, 0.717) is 6.04 Å². The maximum absolute atomic E-state index is 12.9. The van der Waals surface area contributed by atoms with Crippen molar-refractivity contribution in [3.05, 3.63) is 64.7 Å². The van der Waals surface area contributed by atoms with Gasteiger partial charge in [-0.15, -0.1) is 0 Å². The van der Waals surface area contributed by atoms with Crippen molar-refractivity contribution in [2.75, 3.05) is 26.2 Å². The third-order valence-corrected chi connectivity index (χ3v) is 8.30. The van der Waals surface area contributed by atoms with Gasteiger partial charge >= 0.3 is 0 Å². The van der Waals surface area contributed by atoms with Crippen molar-refractivity contribution in [2.24, 2.45) is 0 Å². The second kappa shape index (κ2) is 10.4. The molecule has 3 aromatic heterocycles. The van der Waals surface area contributed by atoms with E-state index in [1.54, 1.807) is 6.08 Å². The number of imidazole rings is 1. The van der Waals surface area contributed by atoms with Gasteiger partial charge in [-0.25, -0.2) is 9.97 Å². The largest absolute Gasteiger partial charge is 0.355 e. The Morgan fingerprint density at radius 1 is 1.05 bits per heavy atom. The monoisotopic (exact) mass is 510 g/mol. The molecule has 2 fully saturated rings. The number of piperidine rings is 1. The van der Waals surface area contributed by atoms with Crippen molar-refractivity contribution in [2.45, 2.75) is 65.5 Å². The number of rotatable bonds is 6. The van der Waals surface area contributed by atoms with E-state index < -0.39 is 0 Å². The summed E-state index contributed by atoms with van der Waals surface area (Å²) >= 11 is 0. The van der Waals surface area contributed by atoms with Crippen molar-refractivity contribution < 1.29 is 4.79 Å². The van der Waals surface area contributed by atoms with Crippen molar-refractivity contribution in [1.82, 2.24) is 29.3 Å². The Bertz CT molecular complexity index is 1500.